The predicted octanol–water partition coefficient (Wildman–Crippen LogP) is 3.66. The zero-order valence-corrected chi connectivity index (χ0v) is 10.7. The number of hydrogen-bond donors (Lipinski definition) is 0. The Morgan fingerprint density at radius 1 is 1.12 bits per heavy atom. The van der Waals surface area contributed by atoms with Crippen LogP contribution in [0.15, 0.2) is 36.7 Å². The summed E-state index contributed by atoms with van der Waals surface area (Å²) in [4.78, 5) is 0. The molecular formula is C14H19FN2. The molecule has 2 aromatic rings. The molecule has 17 heavy (non-hydrogen) atoms. The van der Waals surface area contributed by atoms with Gasteiger partial charge in [-0.1, -0.05) is 32.9 Å². The molecule has 2 nitrogen and oxygen atoms in total. The number of hydrogen-bond acceptors (Lipinski definition) is 1. The van der Waals surface area contributed by atoms with Crippen LogP contribution in [0.25, 0.3) is 0 Å². The van der Waals surface area contributed by atoms with Gasteiger partial charge in [0.1, 0.15) is 5.82 Å². The maximum atomic E-state index is 12.7. The highest BCUT2D eigenvalue weighted by molar-refractivity contribution is 5.16. The first-order chi connectivity index (χ1) is 8.28. The number of nitrogens with zero attached hydrogens (tertiary/aromatic N) is 2. The maximum Gasteiger partial charge on any atom is 0.123 e. The molecule has 2 rings (SSSR count). The van der Waals surface area contributed by atoms with Crippen molar-refractivity contribution in [3.8, 4) is 0 Å². The van der Waals surface area contributed by atoms with Crippen LogP contribution in [0.3, 0.4) is 0 Å². The normalized spacial score (nSPS) is 9.65. The lowest BCUT2D eigenvalue weighted by Gasteiger charge is -2.01. The zero-order chi connectivity index (χ0) is 12.7. The van der Waals surface area contributed by atoms with E-state index in [0.29, 0.717) is 6.54 Å². The lowest BCUT2D eigenvalue weighted by Crippen LogP contribution is -1.99. The smallest absolute Gasteiger partial charge is 0.123 e. The first kappa shape index (κ1) is 13.4. The fourth-order valence-corrected chi connectivity index (χ4v) is 1.45. The van der Waals surface area contributed by atoms with E-state index in [4.69, 9.17) is 0 Å². The monoisotopic (exact) mass is 234 g/mol. The molecule has 92 valence electrons. The minimum absolute atomic E-state index is 0.200. The molecule has 0 aliphatic heterocycles. The quantitative estimate of drug-likeness (QED) is 0.792. The van der Waals surface area contributed by atoms with E-state index in [1.807, 2.05) is 30.9 Å². The lowest BCUT2D eigenvalue weighted by molar-refractivity contribution is 0.624. The van der Waals surface area contributed by atoms with Crippen LogP contribution in [-0.2, 0) is 13.0 Å². The second-order valence-corrected chi connectivity index (χ2v) is 3.53. The average Bonchev–Trinajstić information content (AvgIpc) is 2.82. The first-order valence-corrected chi connectivity index (χ1v) is 6.03. The van der Waals surface area contributed by atoms with E-state index in [0.717, 1.165) is 12.0 Å². The van der Waals surface area contributed by atoms with Gasteiger partial charge in [0.15, 0.2) is 0 Å². The second kappa shape index (κ2) is 6.84. The standard InChI is InChI=1S/C12H13FN2.C2H6/c1-2-10-7-14-15(8-10)9-11-3-5-12(13)6-4-11;1-2/h3-8H,2,9H2,1H3;1-2H3. The Morgan fingerprint density at radius 3 is 2.29 bits per heavy atom. The van der Waals surface area contributed by atoms with Crippen molar-refractivity contribution in [3.05, 3.63) is 53.6 Å². The van der Waals surface area contributed by atoms with Crippen molar-refractivity contribution in [2.24, 2.45) is 0 Å². The van der Waals surface area contributed by atoms with Gasteiger partial charge >= 0.3 is 0 Å². The average molecular weight is 234 g/mol. The molecule has 0 bridgehead atoms. The highest BCUT2D eigenvalue weighted by Crippen LogP contribution is 2.06. The van der Waals surface area contributed by atoms with Gasteiger partial charge in [-0.3, -0.25) is 4.68 Å². The van der Waals surface area contributed by atoms with E-state index in [1.165, 1.54) is 17.7 Å². The van der Waals surface area contributed by atoms with Crippen molar-refractivity contribution in [1.29, 1.82) is 0 Å². The molecule has 0 N–H and O–H groups in total. The number of halogens is 1. The molecule has 0 radical (unpaired) electrons. The van der Waals surface area contributed by atoms with Crippen molar-refractivity contribution in [2.75, 3.05) is 0 Å². The van der Waals surface area contributed by atoms with Gasteiger partial charge < -0.3 is 0 Å². The Hall–Kier alpha value is -1.64. The Labute approximate surface area is 102 Å². The molecule has 0 unspecified atom stereocenters. The Morgan fingerprint density at radius 2 is 1.76 bits per heavy atom. The molecule has 1 heterocycles. The largest absolute Gasteiger partial charge is 0.268 e. The summed E-state index contributed by atoms with van der Waals surface area (Å²) in [7, 11) is 0. The fourth-order valence-electron chi connectivity index (χ4n) is 1.45. The molecule has 0 spiro atoms. The van der Waals surface area contributed by atoms with Crippen LogP contribution in [-0.4, -0.2) is 9.78 Å². The van der Waals surface area contributed by atoms with E-state index < -0.39 is 0 Å². The van der Waals surface area contributed by atoms with Gasteiger partial charge in [0.25, 0.3) is 0 Å². The maximum absolute atomic E-state index is 12.7. The van der Waals surface area contributed by atoms with Crippen molar-refractivity contribution in [2.45, 2.75) is 33.7 Å². The molecule has 3 heteroatoms. The van der Waals surface area contributed by atoms with Crippen molar-refractivity contribution >= 4 is 0 Å². The van der Waals surface area contributed by atoms with Gasteiger partial charge in [-0.15, -0.1) is 0 Å². The van der Waals surface area contributed by atoms with Crippen LogP contribution in [0.4, 0.5) is 4.39 Å². The summed E-state index contributed by atoms with van der Waals surface area (Å²) in [5, 5.41) is 4.23. The molecule has 0 fully saturated rings. The fraction of sp³-hybridized carbons (Fsp3) is 0.357. The van der Waals surface area contributed by atoms with Crippen molar-refractivity contribution in [3.63, 3.8) is 0 Å². The minimum Gasteiger partial charge on any atom is -0.268 e. The molecular weight excluding hydrogens is 215 g/mol. The molecule has 0 atom stereocenters. The molecule has 0 aliphatic carbocycles. The van der Waals surface area contributed by atoms with Gasteiger partial charge in [0, 0.05) is 6.20 Å². The molecule has 0 saturated carbocycles. The van der Waals surface area contributed by atoms with E-state index in [-0.39, 0.29) is 5.82 Å². The Kier molecular flexibility index (Phi) is 5.40. The third kappa shape index (κ3) is 4.02. The first-order valence-electron chi connectivity index (χ1n) is 6.03. The number of benzene rings is 1. The van der Waals surface area contributed by atoms with Crippen molar-refractivity contribution in [1.82, 2.24) is 9.78 Å². The van der Waals surface area contributed by atoms with Crippen LogP contribution in [0, 0.1) is 5.82 Å². The van der Waals surface area contributed by atoms with Crippen molar-refractivity contribution < 1.29 is 4.39 Å². The van der Waals surface area contributed by atoms with Crippen LogP contribution in [0.1, 0.15) is 31.9 Å². The van der Waals surface area contributed by atoms with Gasteiger partial charge in [-0.05, 0) is 29.7 Å². The zero-order valence-electron chi connectivity index (χ0n) is 10.7. The van der Waals surface area contributed by atoms with Gasteiger partial charge in [-0.25, -0.2) is 4.39 Å². The third-order valence-corrected chi connectivity index (χ3v) is 2.35. The van der Waals surface area contributed by atoms with Gasteiger partial charge in [0.05, 0.1) is 12.7 Å². The highest BCUT2D eigenvalue weighted by atomic mass is 19.1. The van der Waals surface area contributed by atoms with Crippen LogP contribution >= 0.6 is 0 Å². The molecule has 1 aromatic heterocycles. The van der Waals surface area contributed by atoms with E-state index in [2.05, 4.69) is 12.0 Å². The minimum atomic E-state index is -0.200. The van der Waals surface area contributed by atoms with Gasteiger partial charge in [-0.2, -0.15) is 5.10 Å². The number of rotatable bonds is 3. The van der Waals surface area contributed by atoms with Crippen LogP contribution in [0.2, 0.25) is 0 Å². The van der Waals surface area contributed by atoms with E-state index in [1.54, 1.807) is 12.1 Å². The summed E-state index contributed by atoms with van der Waals surface area (Å²) < 4.78 is 14.5. The summed E-state index contributed by atoms with van der Waals surface area (Å²) in [5.41, 5.74) is 2.28. The summed E-state index contributed by atoms with van der Waals surface area (Å²) in [6.45, 7) is 6.79. The highest BCUT2D eigenvalue weighted by Gasteiger charge is 1.98. The molecule has 0 amide bonds. The Balaban J connectivity index is 0.000000686. The second-order valence-electron chi connectivity index (χ2n) is 3.53. The predicted molar refractivity (Wildman–Crippen MR) is 68.5 cm³/mol. The van der Waals surface area contributed by atoms with E-state index in [9.17, 15) is 4.39 Å². The summed E-state index contributed by atoms with van der Waals surface area (Å²) in [5.74, 6) is -0.200. The van der Waals surface area contributed by atoms with Crippen LogP contribution < -0.4 is 0 Å². The topological polar surface area (TPSA) is 17.8 Å². The summed E-state index contributed by atoms with van der Waals surface area (Å²) in [6, 6.07) is 6.50. The molecule has 0 saturated heterocycles. The third-order valence-electron chi connectivity index (χ3n) is 2.35. The van der Waals surface area contributed by atoms with Gasteiger partial charge in [0.2, 0.25) is 0 Å². The lowest BCUT2D eigenvalue weighted by atomic mass is 10.2. The number of aryl methyl sites for hydroxylation is 1. The summed E-state index contributed by atoms with van der Waals surface area (Å²) in [6.07, 6.45) is 4.87. The Bertz CT molecular complexity index is 432. The molecule has 1 aromatic carbocycles. The number of aromatic nitrogens is 2. The SMILES string of the molecule is CC.CCc1cnn(Cc2ccc(F)cc2)c1. The summed E-state index contributed by atoms with van der Waals surface area (Å²) >= 11 is 0. The van der Waals surface area contributed by atoms with Crippen LogP contribution in [0.5, 0.6) is 0 Å². The molecule has 0 aliphatic rings. The van der Waals surface area contributed by atoms with E-state index >= 15 is 0 Å².